The SMILES string of the molecule is CO[C@]1(C)C[C@@H](C)CN(C)[C@@H]([C@@H]2CCN(C(=O)CC(C)C)C2)COC(=O)C(C)(C)C(=O)[C@H](C)[C@H]1O[C@@H]1C[C@H](C)C[C@H](N(C)C)[C@H]1O. The van der Waals surface area contributed by atoms with Crippen LogP contribution in [0.15, 0.2) is 0 Å². The minimum atomic E-state index is -1.42. The van der Waals surface area contributed by atoms with Gasteiger partial charge < -0.3 is 29.1 Å². The van der Waals surface area contributed by atoms with Gasteiger partial charge in [-0.3, -0.25) is 19.3 Å². The molecule has 0 aromatic heterocycles. The Hall–Kier alpha value is -1.59. The van der Waals surface area contributed by atoms with E-state index in [0.717, 1.165) is 12.8 Å². The molecule has 0 bridgehead atoms. The van der Waals surface area contributed by atoms with Gasteiger partial charge >= 0.3 is 5.97 Å². The second kappa shape index (κ2) is 15.7. The molecule has 2 saturated heterocycles. The van der Waals surface area contributed by atoms with E-state index in [4.69, 9.17) is 14.2 Å². The average Bonchev–Trinajstić information content (AvgIpc) is 3.45. The number of likely N-dealkylation sites (N-methyl/N-ethyl adjacent to an activating group) is 2. The summed E-state index contributed by atoms with van der Waals surface area (Å²) in [5.74, 6) is -0.440. The summed E-state index contributed by atoms with van der Waals surface area (Å²) in [4.78, 5) is 47.1. The summed E-state index contributed by atoms with van der Waals surface area (Å²) in [6, 6.07) is -0.165. The number of Topliss-reactive ketones (excluding diaryl/α,β-unsaturated/α-hetero) is 1. The Morgan fingerprint density at radius 1 is 1.09 bits per heavy atom. The first-order valence-corrected chi connectivity index (χ1v) is 17.6. The van der Waals surface area contributed by atoms with E-state index in [9.17, 15) is 19.5 Å². The van der Waals surface area contributed by atoms with Crippen molar-refractivity contribution in [2.75, 3.05) is 54.5 Å². The maximum absolute atomic E-state index is 14.3. The van der Waals surface area contributed by atoms with Crippen molar-refractivity contribution in [2.24, 2.45) is 35.0 Å². The molecule has 266 valence electrons. The van der Waals surface area contributed by atoms with Crippen molar-refractivity contribution in [3.05, 3.63) is 0 Å². The molecule has 2 heterocycles. The van der Waals surface area contributed by atoms with E-state index >= 15 is 0 Å². The van der Waals surface area contributed by atoms with Crippen molar-refractivity contribution in [1.29, 1.82) is 0 Å². The normalized spacial score (nSPS) is 38.8. The molecular weight excluding hydrogens is 586 g/mol. The zero-order valence-corrected chi connectivity index (χ0v) is 30.9. The highest BCUT2D eigenvalue weighted by atomic mass is 16.6. The summed E-state index contributed by atoms with van der Waals surface area (Å²) >= 11 is 0. The third-order valence-corrected chi connectivity index (χ3v) is 11.1. The number of likely N-dealkylation sites (tertiary alicyclic amines) is 1. The van der Waals surface area contributed by atoms with Gasteiger partial charge in [-0.2, -0.15) is 0 Å². The quantitative estimate of drug-likeness (QED) is 0.324. The number of aliphatic hydroxyl groups is 1. The van der Waals surface area contributed by atoms with Crippen molar-refractivity contribution >= 4 is 17.7 Å². The third kappa shape index (κ3) is 8.90. The van der Waals surface area contributed by atoms with E-state index in [1.54, 1.807) is 21.0 Å². The number of ether oxygens (including phenoxy) is 3. The molecule has 0 aromatic rings. The van der Waals surface area contributed by atoms with Crippen LogP contribution < -0.4 is 0 Å². The number of amides is 1. The lowest BCUT2D eigenvalue weighted by molar-refractivity contribution is -0.206. The Kier molecular flexibility index (Phi) is 13.3. The molecule has 10 heteroatoms. The van der Waals surface area contributed by atoms with Crippen molar-refractivity contribution in [3.63, 3.8) is 0 Å². The standard InChI is InChI=1S/C36H65N3O7/c1-22(2)15-30(40)39-14-13-26(20-39)28-21-45-34(43)35(6,7)32(42)25(5)33(36(8,44-12)18-24(4)19-38(28)11)46-29-17-23(3)16-27(31(29)41)37(9)10/h22-29,31,33,41H,13-21H2,1-12H3/t23-,24-,25+,26-,27+,28-,29-,31-,33-,36-/m1/s1. The predicted octanol–water partition coefficient (Wildman–Crippen LogP) is 3.88. The Morgan fingerprint density at radius 2 is 1.74 bits per heavy atom. The predicted molar refractivity (Wildman–Crippen MR) is 179 cm³/mol. The molecule has 0 unspecified atom stereocenters. The third-order valence-electron chi connectivity index (χ3n) is 11.1. The smallest absolute Gasteiger partial charge is 0.319 e. The van der Waals surface area contributed by atoms with E-state index in [1.165, 1.54) is 0 Å². The van der Waals surface area contributed by atoms with Gasteiger partial charge in [0, 0.05) is 51.2 Å². The van der Waals surface area contributed by atoms with Crippen LogP contribution in [0.5, 0.6) is 0 Å². The van der Waals surface area contributed by atoms with Crippen LogP contribution in [0.25, 0.3) is 0 Å². The zero-order chi connectivity index (χ0) is 34.7. The zero-order valence-electron chi connectivity index (χ0n) is 30.9. The summed E-state index contributed by atoms with van der Waals surface area (Å²) in [7, 11) is 7.67. The Bertz CT molecular complexity index is 1050. The number of rotatable bonds is 7. The first-order valence-electron chi connectivity index (χ1n) is 17.6. The highest BCUT2D eigenvalue weighted by Gasteiger charge is 2.51. The second-order valence-electron chi connectivity index (χ2n) is 16.4. The fourth-order valence-electron chi connectivity index (χ4n) is 8.34. The molecule has 2 aliphatic heterocycles. The molecule has 3 aliphatic rings. The van der Waals surface area contributed by atoms with Gasteiger partial charge in [0.2, 0.25) is 5.91 Å². The number of cyclic esters (lactones) is 1. The van der Waals surface area contributed by atoms with Crippen LogP contribution in [0.4, 0.5) is 0 Å². The first kappa shape index (κ1) is 38.9. The highest BCUT2D eigenvalue weighted by molar-refractivity contribution is 6.04. The molecule has 1 amide bonds. The summed E-state index contributed by atoms with van der Waals surface area (Å²) in [6.07, 6.45) is 1.60. The molecule has 10 atom stereocenters. The number of nitrogens with zero attached hydrogens (tertiary/aromatic N) is 3. The van der Waals surface area contributed by atoms with Crippen molar-refractivity contribution in [2.45, 2.75) is 123 Å². The number of hydrogen-bond acceptors (Lipinski definition) is 9. The lowest BCUT2D eigenvalue weighted by atomic mass is 9.73. The molecule has 10 nitrogen and oxygen atoms in total. The second-order valence-corrected chi connectivity index (χ2v) is 16.4. The fraction of sp³-hybridized carbons (Fsp3) is 0.917. The first-order chi connectivity index (χ1) is 21.3. The molecule has 1 saturated carbocycles. The number of aliphatic hydroxyl groups excluding tert-OH is 1. The van der Waals surface area contributed by atoms with Crippen LogP contribution in [0, 0.1) is 35.0 Å². The minimum absolute atomic E-state index is 0.0635. The van der Waals surface area contributed by atoms with Crippen LogP contribution in [0.3, 0.4) is 0 Å². The lowest BCUT2D eigenvalue weighted by Gasteiger charge is -2.47. The molecule has 46 heavy (non-hydrogen) atoms. The van der Waals surface area contributed by atoms with E-state index in [-0.39, 0.29) is 42.2 Å². The molecule has 3 rings (SSSR count). The van der Waals surface area contributed by atoms with E-state index in [2.05, 4.69) is 39.6 Å². The summed E-state index contributed by atoms with van der Waals surface area (Å²) < 4.78 is 19.1. The van der Waals surface area contributed by atoms with E-state index in [0.29, 0.717) is 50.7 Å². The lowest BCUT2D eigenvalue weighted by Crippen LogP contribution is -2.58. The Morgan fingerprint density at radius 3 is 2.33 bits per heavy atom. The van der Waals surface area contributed by atoms with Gasteiger partial charge in [0.05, 0.1) is 23.9 Å². The topological polar surface area (TPSA) is 109 Å². The summed E-state index contributed by atoms with van der Waals surface area (Å²) in [5.41, 5.74) is -2.29. The van der Waals surface area contributed by atoms with Gasteiger partial charge in [0.15, 0.2) is 5.78 Å². The number of carbonyl (C=O) groups is 3. The van der Waals surface area contributed by atoms with Gasteiger partial charge in [-0.1, -0.05) is 34.6 Å². The highest BCUT2D eigenvalue weighted by Crippen LogP contribution is 2.39. The Balaban J connectivity index is 1.95. The maximum atomic E-state index is 14.3. The molecule has 3 fully saturated rings. The monoisotopic (exact) mass is 651 g/mol. The van der Waals surface area contributed by atoms with Gasteiger partial charge in [-0.25, -0.2) is 0 Å². The van der Waals surface area contributed by atoms with Crippen LogP contribution in [-0.2, 0) is 28.6 Å². The largest absolute Gasteiger partial charge is 0.463 e. The van der Waals surface area contributed by atoms with Gasteiger partial charge in [0.25, 0.3) is 0 Å². The molecule has 0 radical (unpaired) electrons. The van der Waals surface area contributed by atoms with Crippen LogP contribution in [-0.4, -0.2) is 128 Å². The van der Waals surface area contributed by atoms with Gasteiger partial charge in [0.1, 0.15) is 12.0 Å². The van der Waals surface area contributed by atoms with Crippen molar-refractivity contribution < 1.29 is 33.7 Å². The molecular formula is C36H65N3O7. The fourth-order valence-corrected chi connectivity index (χ4v) is 8.34. The number of methoxy groups -OCH3 is 1. The van der Waals surface area contributed by atoms with E-state index in [1.807, 2.05) is 37.7 Å². The summed E-state index contributed by atoms with van der Waals surface area (Å²) in [5, 5.41) is 11.5. The number of carbonyl (C=O) groups excluding carboxylic acids is 3. The molecule has 0 aromatic carbocycles. The minimum Gasteiger partial charge on any atom is -0.463 e. The molecule has 1 aliphatic carbocycles. The van der Waals surface area contributed by atoms with Crippen molar-refractivity contribution in [3.8, 4) is 0 Å². The van der Waals surface area contributed by atoms with E-state index < -0.39 is 41.2 Å². The van der Waals surface area contributed by atoms with Crippen LogP contribution >= 0.6 is 0 Å². The molecule has 0 spiro atoms. The number of ketones is 1. The number of hydrogen-bond donors (Lipinski definition) is 1. The van der Waals surface area contributed by atoms with Gasteiger partial charge in [-0.05, 0) is 91.3 Å². The van der Waals surface area contributed by atoms with Crippen LogP contribution in [0.1, 0.15) is 87.5 Å². The molecule has 1 N–H and O–H groups in total. The van der Waals surface area contributed by atoms with Crippen molar-refractivity contribution in [1.82, 2.24) is 14.7 Å². The van der Waals surface area contributed by atoms with Crippen LogP contribution in [0.2, 0.25) is 0 Å². The number of esters is 1. The maximum Gasteiger partial charge on any atom is 0.319 e. The Labute approximate surface area is 278 Å². The summed E-state index contributed by atoms with van der Waals surface area (Å²) in [6.45, 7) is 17.8. The van der Waals surface area contributed by atoms with Gasteiger partial charge in [-0.15, -0.1) is 0 Å². The average molecular weight is 652 g/mol.